The number of aliphatic hydroxyl groups is 1. The Morgan fingerprint density at radius 1 is 0.711 bits per heavy atom. The maximum absolute atomic E-state index is 13.4. The molecule has 3 aliphatic rings. The van der Waals surface area contributed by atoms with Crippen molar-refractivity contribution in [3.05, 3.63) is 90.0 Å². The van der Waals surface area contributed by atoms with Gasteiger partial charge in [-0.05, 0) is 30.7 Å². The lowest BCUT2D eigenvalue weighted by Crippen LogP contribution is -2.29. The number of aliphatic hydroxyl groups excluding tert-OH is 1. The minimum absolute atomic E-state index is 0.00249. The second-order valence-electron chi connectivity index (χ2n) is 10.5. The first kappa shape index (κ1) is 20.9. The van der Waals surface area contributed by atoms with Crippen molar-refractivity contribution in [3.63, 3.8) is 0 Å². The third-order valence-corrected chi connectivity index (χ3v) is 10.2. The van der Waals surface area contributed by atoms with Crippen LogP contribution in [0.3, 0.4) is 0 Å². The van der Waals surface area contributed by atoms with Gasteiger partial charge in [0.2, 0.25) is 0 Å². The normalized spacial score (nSPS) is 23.7. The molecule has 9 rings (SSSR count). The number of rotatable bonds is 2. The number of thioether (sulfide) groups is 1. The standard InChI is InChI=1S/C31H21N3O3S/c35-28-20-14-21(29(28)38-15-8-2-1-3-9-15)34-19-13-7-5-11-17(19)23-25-24(30(36)32-31(25)37)22-16-10-4-6-12-18(16)33(20)26(22)27(23)34/h1-13,20-21,28-29,35H,14H2,(H,32,36,37)/t20-,21+,28+,29+/m0/s1. The highest BCUT2D eigenvalue weighted by Crippen LogP contribution is 2.56. The molecule has 2 amide bonds. The van der Waals surface area contributed by atoms with Gasteiger partial charge in [-0.1, -0.05) is 54.6 Å². The molecule has 7 heteroatoms. The molecular formula is C31H21N3O3S. The number of nitrogens with one attached hydrogen (secondary N) is 1. The summed E-state index contributed by atoms with van der Waals surface area (Å²) in [5.74, 6) is -0.685. The quantitative estimate of drug-likeness (QED) is 0.286. The van der Waals surface area contributed by atoms with E-state index in [1.165, 1.54) is 0 Å². The highest BCUT2D eigenvalue weighted by molar-refractivity contribution is 8.00. The average molecular weight is 516 g/mol. The number of para-hydroxylation sites is 2. The zero-order valence-electron chi connectivity index (χ0n) is 20.1. The molecule has 0 radical (unpaired) electrons. The van der Waals surface area contributed by atoms with Gasteiger partial charge >= 0.3 is 0 Å². The molecule has 2 aromatic heterocycles. The maximum atomic E-state index is 13.4. The summed E-state index contributed by atoms with van der Waals surface area (Å²) in [5, 5.41) is 18.0. The van der Waals surface area contributed by atoms with E-state index in [-0.39, 0.29) is 29.1 Å². The summed E-state index contributed by atoms with van der Waals surface area (Å²) in [7, 11) is 0. The van der Waals surface area contributed by atoms with Crippen molar-refractivity contribution in [2.75, 3.05) is 0 Å². The van der Waals surface area contributed by atoms with Crippen molar-refractivity contribution in [2.24, 2.45) is 0 Å². The zero-order valence-corrected chi connectivity index (χ0v) is 20.9. The second-order valence-corrected chi connectivity index (χ2v) is 11.8. The van der Waals surface area contributed by atoms with Crippen molar-refractivity contribution in [3.8, 4) is 0 Å². The second kappa shape index (κ2) is 7.07. The molecule has 0 unspecified atom stereocenters. The number of carbonyl (C=O) groups is 2. The van der Waals surface area contributed by atoms with Gasteiger partial charge in [0.05, 0.1) is 45.6 Å². The van der Waals surface area contributed by atoms with E-state index < -0.39 is 6.10 Å². The molecule has 4 atom stereocenters. The van der Waals surface area contributed by atoms with Crippen LogP contribution in [0.4, 0.5) is 0 Å². The fourth-order valence-electron chi connectivity index (χ4n) is 7.40. The third kappa shape index (κ3) is 2.35. The Labute approximate surface area is 220 Å². The maximum Gasteiger partial charge on any atom is 0.259 e. The molecule has 1 saturated carbocycles. The Bertz CT molecular complexity index is 2040. The summed E-state index contributed by atoms with van der Waals surface area (Å²) in [6.07, 6.45) is 0.157. The van der Waals surface area contributed by atoms with Crippen molar-refractivity contribution >= 4 is 67.2 Å². The van der Waals surface area contributed by atoms with Crippen LogP contribution in [-0.4, -0.2) is 37.4 Å². The first-order valence-corrected chi connectivity index (χ1v) is 13.8. The minimum atomic E-state index is -0.600. The summed E-state index contributed by atoms with van der Waals surface area (Å²) < 4.78 is 4.64. The molecule has 6 nitrogen and oxygen atoms in total. The van der Waals surface area contributed by atoms with Crippen molar-refractivity contribution < 1.29 is 14.7 Å². The predicted octanol–water partition coefficient (Wildman–Crippen LogP) is 5.81. The Morgan fingerprint density at radius 3 is 1.84 bits per heavy atom. The molecule has 4 heterocycles. The summed E-state index contributed by atoms with van der Waals surface area (Å²) in [4.78, 5) is 27.8. The van der Waals surface area contributed by atoms with E-state index in [1.807, 2.05) is 54.6 Å². The summed E-state index contributed by atoms with van der Waals surface area (Å²) in [5.41, 5.74) is 4.87. The van der Waals surface area contributed by atoms with Crippen LogP contribution in [0, 0.1) is 0 Å². The predicted molar refractivity (Wildman–Crippen MR) is 149 cm³/mol. The monoisotopic (exact) mass is 515 g/mol. The lowest BCUT2D eigenvalue weighted by Gasteiger charge is -2.27. The van der Waals surface area contributed by atoms with Crippen molar-refractivity contribution in [1.29, 1.82) is 0 Å². The fraction of sp³-hybridized carbons (Fsp3) is 0.161. The van der Waals surface area contributed by atoms with E-state index in [2.05, 4.69) is 38.7 Å². The SMILES string of the molecule is O=C1NC(=O)c2c1c1c3ccccc3n3c1c1c2c2ccccc2n1[C@H]1C[C@@H]3[C@@H](Sc2ccccc2)[C@@H]1O. The lowest BCUT2D eigenvalue weighted by molar-refractivity contribution is 0.0880. The molecule has 6 aromatic rings. The summed E-state index contributed by atoms with van der Waals surface area (Å²) in [6.45, 7) is 0. The van der Waals surface area contributed by atoms with Crippen molar-refractivity contribution in [2.45, 2.75) is 34.8 Å². The van der Waals surface area contributed by atoms with Crippen molar-refractivity contribution in [1.82, 2.24) is 14.5 Å². The first-order chi connectivity index (χ1) is 18.6. The van der Waals surface area contributed by atoms with E-state index in [9.17, 15) is 14.7 Å². The topological polar surface area (TPSA) is 76.3 Å². The highest BCUT2D eigenvalue weighted by atomic mass is 32.2. The van der Waals surface area contributed by atoms with Crippen LogP contribution < -0.4 is 5.32 Å². The number of benzene rings is 4. The van der Waals surface area contributed by atoms with Crippen LogP contribution in [0.1, 0.15) is 39.2 Å². The van der Waals surface area contributed by atoms with Crippen LogP contribution in [-0.2, 0) is 0 Å². The molecule has 0 spiro atoms. The smallest absolute Gasteiger partial charge is 0.259 e. The van der Waals surface area contributed by atoms with Crippen LogP contribution in [0.2, 0.25) is 0 Å². The van der Waals surface area contributed by atoms with Gasteiger partial charge in [-0.2, -0.15) is 0 Å². The van der Waals surface area contributed by atoms with Crippen LogP contribution in [0.15, 0.2) is 83.8 Å². The van der Waals surface area contributed by atoms with E-state index in [4.69, 9.17) is 0 Å². The fourth-order valence-corrected chi connectivity index (χ4v) is 8.74. The molecule has 4 aromatic carbocycles. The number of hydrogen-bond donors (Lipinski definition) is 2. The van der Waals surface area contributed by atoms with Crippen LogP contribution in [0.25, 0.3) is 43.6 Å². The van der Waals surface area contributed by atoms with Gasteiger partial charge < -0.3 is 14.2 Å². The highest BCUT2D eigenvalue weighted by Gasteiger charge is 2.50. The van der Waals surface area contributed by atoms with Crippen LogP contribution >= 0.6 is 11.8 Å². The van der Waals surface area contributed by atoms with Gasteiger partial charge in [0.15, 0.2) is 0 Å². The molecule has 2 aliphatic heterocycles. The number of hydrogen-bond acceptors (Lipinski definition) is 4. The molecular weight excluding hydrogens is 494 g/mol. The Hall–Kier alpha value is -4.07. The molecule has 1 fully saturated rings. The van der Waals surface area contributed by atoms with Gasteiger partial charge in [-0.25, -0.2) is 0 Å². The molecule has 2 N–H and O–H groups in total. The van der Waals surface area contributed by atoms with E-state index in [1.54, 1.807) is 11.8 Å². The Balaban J connectivity index is 1.51. The van der Waals surface area contributed by atoms with Gasteiger partial charge in [0.25, 0.3) is 11.8 Å². The zero-order chi connectivity index (χ0) is 25.3. The average Bonchev–Trinajstić information content (AvgIpc) is 3.60. The van der Waals surface area contributed by atoms with Gasteiger partial charge in [-0.3, -0.25) is 14.9 Å². The largest absolute Gasteiger partial charge is 0.390 e. The molecule has 1 aliphatic carbocycles. The number of nitrogens with zero attached hydrogens (tertiary/aromatic N) is 2. The minimum Gasteiger partial charge on any atom is -0.390 e. The van der Waals surface area contributed by atoms with E-state index in [0.29, 0.717) is 11.1 Å². The van der Waals surface area contributed by atoms with Gasteiger partial charge in [-0.15, -0.1) is 11.8 Å². The first-order valence-electron chi connectivity index (χ1n) is 12.9. The van der Waals surface area contributed by atoms with Crippen LogP contribution in [0.5, 0.6) is 0 Å². The molecule has 2 bridgehead atoms. The van der Waals surface area contributed by atoms with Gasteiger partial charge in [0, 0.05) is 37.5 Å². The number of amides is 2. The third-order valence-electron chi connectivity index (χ3n) is 8.75. The Morgan fingerprint density at radius 2 is 1.24 bits per heavy atom. The molecule has 184 valence electrons. The number of aromatic nitrogens is 2. The summed E-state index contributed by atoms with van der Waals surface area (Å²) in [6, 6.07) is 26.3. The lowest BCUT2D eigenvalue weighted by atomic mass is 9.96. The molecule has 0 saturated heterocycles. The number of imide groups is 1. The van der Waals surface area contributed by atoms with Gasteiger partial charge in [0.1, 0.15) is 0 Å². The van der Waals surface area contributed by atoms with E-state index >= 15 is 0 Å². The van der Waals surface area contributed by atoms with E-state index in [0.717, 1.165) is 54.9 Å². The Kier molecular flexibility index (Phi) is 3.89. The number of carbonyl (C=O) groups excluding carboxylic acids is 2. The summed E-state index contributed by atoms with van der Waals surface area (Å²) >= 11 is 1.72. The number of fused-ring (bicyclic) bond motifs is 13. The molecule has 38 heavy (non-hydrogen) atoms.